The normalized spacial score (nSPS) is 10.6. The lowest BCUT2D eigenvalue weighted by Crippen LogP contribution is -1.95. The highest BCUT2D eigenvalue weighted by Gasteiger charge is 2.07. The summed E-state index contributed by atoms with van der Waals surface area (Å²) < 4.78 is 12.5. The van der Waals surface area contributed by atoms with Gasteiger partial charge in [0.1, 0.15) is 5.82 Å². The van der Waals surface area contributed by atoms with E-state index in [1.807, 2.05) is 0 Å². The zero-order valence-corrected chi connectivity index (χ0v) is 7.25. The van der Waals surface area contributed by atoms with Gasteiger partial charge >= 0.3 is 0 Å². The molecule has 0 bridgehead atoms. The molecule has 0 saturated heterocycles. The number of benzene rings is 1. The molecule has 0 aliphatic rings. The number of aliphatic hydroxyl groups excluding tert-OH is 1. The number of rotatable bonds is 2. The molecule has 13 heavy (non-hydrogen) atoms. The van der Waals surface area contributed by atoms with E-state index in [2.05, 4.69) is 0 Å². The topological polar surface area (TPSA) is 37.3 Å². The van der Waals surface area contributed by atoms with Gasteiger partial charge in [0.15, 0.2) is 5.78 Å². The van der Waals surface area contributed by atoms with Crippen LogP contribution in [0.3, 0.4) is 0 Å². The maximum atomic E-state index is 12.5. The summed E-state index contributed by atoms with van der Waals surface area (Å²) in [6, 6.07) is 3.43. The number of carbonyl (C=O) groups excluding carboxylic acids is 1. The lowest BCUT2D eigenvalue weighted by molar-refractivity contribution is 0.104. The molecule has 0 amide bonds. The molecular formula is C9H6ClFO2. The fourth-order valence-electron chi connectivity index (χ4n) is 0.847. The van der Waals surface area contributed by atoms with Gasteiger partial charge in [0, 0.05) is 11.6 Å². The van der Waals surface area contributed by atoms with Gasteiger partial charge in [-0.2, -0.15) is 0 Å². The molecule has 0 fully saturated rings. The van der Waals surface area contributed by atoms with Gasteiger partial charge in [-0.1, -0.05) is 11.6 Å². The van der Waals surface area contributed by atoms with E-state index in [-0.39, 0.29) is 10.6 Å². The monoisotopic (exact) mass is 200 g/mol. The maximum Gasteiger partial charge on any atom is 0.190 e. The van der Waals surface area contributed by atoms with Crippen LogP contribution in [0.1, 0.15) is 10.4 Å². The van der Waals surface area contributed by atoms with Crippen LogP contribution in [0.15, 0.2) is 30.5 Å². The van der Waals surface area contributed by atoms with E-state index in [4.69, 9.17) is 16.7 Å². The minimum Gasteiger partial charge on any atom is -0.515 e. The van der Waals surface area contributed by atoms with Crippen LogP contribution < -0.4 is 0 Å². The molecule has 0 aromatic heterocycles. The maximum absolute atomic E-state index is 12.5. The fraction of sp³-hybridized carbons (Fsp3) is 0. The molecule has 1 rings (SSSR count). The third-order valence-corrected chi connectivity index (χ3v) is 1.74. The van der Waals surface area contributed by atoms with Gasteiger partial charge in [0.25, 0.3) is 0 Å². The molecule has 2 nitrogen and oxygen atoms in total. The molecule has 0 saturated carbocycles. The van der Waals surface area contributed by atoms with Crippen molar-refractivity contribution in [3.8, 4) is 0 Å². The molecular weight excluding hydrogens is 195 g/mol. The number of carbonyl (C=O) groups is 1. The van der Waals surface area contributed by atoms with Gasteiger partial charge in [0.2, 0.25) is 0 Å². The van der Waals surface area contributed by atoms with Crippen molar-refractivity contribution in [2.75, 3.05) is 0 Å². The largest absolute Gasteiger partial charge is 0.515 e. The third-order valence-electron chi connectivity index (χ3n) is 1.42. The standard InChI is InChI=1S/C9H6ClFO2/c10-8-5-6(11)1-2-7(8)9(13)3-4-12/h1-5,12H. The summed E-state index contributed by atoms with van der Waals surface area (Å²) in [7, 11) is 0. The highest BCUT2D eigenvalue weighted by atomic mass is 35.5. The van der Waals surface area contributed by atoms with Gasteiger partial charge in [-0.15, -0.1) is 0 Å². The van der Waals surface area contributed by atoms with Crippen LogP contribution in [0.5, 0.6) is 0 Å². The van der Waals surface area contributed by atoms with Crippen LogP contribution in [0.25, 0.3) is 0 Å². The minimum atomic E-state index is -0.505. The highest BCUT2D eigenvalue weighted by Crippen LogP contribution is 2.17. The SMILES string of the molecule is O=C(C=CO)c1ccc(F)cc1Cl. The molecule has 4 heteroatoms. The Hall–Kier alpha value is -1.35. The Labute approximate surface area is 79.3 Å². The molecule has 1 aromatic carbocycles. The molecule has 0 heterocycles. The van der Waals surface area contributed by atoms with Gasteiger partial charge in [-0.05, 0) is 18.2 Å². The molecule has 68 valence electrons. The first-order valence-corrected chi connectivity index (χ1v) is 3.83. The molecule has 1 N–H and O–H groups in total. The summed E-state index contributed by atoms with van der Waals surface area (Å²) in [6.45, 7) is 0. The van der Waals surface area contributed by atoms with Gasteiger partial charge < -0.3 is 5.11 Å². The van der Waals surface area contributed by atoms with E-state index in [0.29, 0.717) is 6.26 Å². The lowest BCUT2D eigenvalue weighted by atomic mass is 10.1. The van der Waals surface area contributed by atoms with Crippen molar-refractivity contribution in [2.45, 2.75) is 0 Å². The number of hydrogen-bond acceptors (Lipinski definition) is 2. The van der Waals surface area contributed by atoms with Crippen LogP contribution >= 0.6 is 11.6 Å². The number of ketones is 1. The van der Waals surface area contributed by atoms with Crippen LogP contribution in [-0.4, -0.2) is 10.9 Å². The summed E-state index contributed by atoms with van der Waals surface area (Å²) in [5.41, 5.74) is 0.161. The Balaban J connectivity index is 3.09. The summed E-state index contributed by atoms with van der Waals surface area (Å²) in [5, 5.41) is 8.36. The number of allylic oxidation sites excluding steroid dienone is 1. The summed E-state index contributed by atoms with van der Waals surface area (Å²) >= 11 is 5.58. The molecule has 1 aromatic rings. The van der Waals surface area contributed by atoms with E-state index < -0.39 is 11.6 Å². The molecule has 0 radical (unpaired) electrons. The fourth-order valence-corrected chi connectivity index (χ4v) is 1.11. The van der Waals surface area contributed by atoms with Gasteiger partial charge in [0.05, 0.1) is 11.3 Å². The second-order valence-corrected chi connectivity index (χ2v) is 2.71. The first-order valence-electron chi connectivity index (χ1n) is 3.45. The Morgan fingerprint density at radius 1 is 1.54 bits per heavy atom. The van der Waals surface area contributed by atoms with Gasteiger partial charge in [-0.25, -0.2) is 4.39 Å². The Bertz CT molecular complexity index is 361. The van der Waals surface area contributed by atoms with Gasteiger partial charge in [-0.3, -0.25) is 4.79 Å². The summed E-state index contributed by atoms with van der Waals surface area (Å²) in [5.74, 6) is -0.970. The molecule has 0 unspecified atom stereocenters. The number of halogens is 2. The van der Waals surface area contributed by atoms with E-state index in [0.717, 1.165) is 18.2 Å². The van der Waals surface area contributed by atoms with E-state index >= 15 is 0 Å². The van der Waals surface area contributed by atoms with Crippen molar-refractivity contribution in [1.82, 2.24) is 0 Å². The van der Waals surface area contributed by atoms with Crippen LogP contribution in [-0.2, 0) is 0 Å². The van der Waals surface area contributed by atoms with E-state index in [1.165, 1.54) is 6.07 Å². The quantitative estimate of drug-likeness (QED) is 0.453. The average molecular weight is 201 g/mol. The Morgan fingerprint density at radius 2 is 2.23 bits per heavy atom. The van der Waals surface area contributed by atoms with Crippen molar-refractivity contribution in [3.63, 3.8) is 0 Å². The van der Waals surface area contributed by atoms with E-state index in [1.54, 1.807) is 0 Å². The molecule has 0 atom stereocenters. The smallest absolute Gasteiger partial charge is 0.190 e. The zero-order chi connectivity index (χ0) is 9.84. The van der Waals surface area contributed by atoms with E-state index in [9.17, 15) is 9.18 Å². The molecule has 0 aliphatic carbocycles. The predicted molar refractivity (Wildman–Crippen MR) is 47.5 cm³/mol. The Morgan fingerprint density at radius 3 is 2.77 bits per heavy atom. The van der Waals surface area contributed by atoms with Crippen molar-refractivity contribution in [3.05, 3.63) is 46.9 Å². The third kappa shape index (κ3) is 2.29. The zero-order valence-electron chi connectivity index (χ0n) is 6.50. The number of aliphatic hydroxyl groups is 1. The average Bonchev–Trinajstić information content (AvgIpc) is 2.04. The second-order valence-electron chi connectivity index (χ2n) is 2.30. The molecule has 0 aliphatic heterocycles. The lowest BCUT2D eigenvalue weighted by Gasteiger charge is -1.98. The summed E-state index contributed by atoms with van der Waals surface area (Å²) in [4.78, 5) is 11.1. The first kappa shape index (κ1) is 9.74. The van der Waals surface area contributed by atoms with Crippen LogP contribution in [0.2, 0.25) is 5.02 Å². The molecule has 0 spiro atoms. The van der Waals surface area contributed by atoms with Crippen molar-refractivity contribution in [1.29, 1.82) is 0 Å². The van der Waals surface area contributed by atoms with Crippen molar-refractivity contribution >= 4 is 17.4 Å². The van der Waals surface area contributed by atoms with Crippen molar-refractivity contribution < 1.29 is 14.3 Å². The van der Waals surface area contributed by atoms with Crippen molar-refractivity contribution in [2.24, 2.45) is 0 Å². The Kier molecular flexibility index (Phi) is 3.03. The van der Waals surface area contributed by atoms with Crippen LogP contribution in [0, 0.1) is 5.82 Å². The second kappa shape index (κ2) is 4.05. The van der Waals surface area contributed by atoms with Crippen LogP contribution in [0.4, 0.5) is 4.39 Å². The highest BCUT2D eigenvalue weighted by molar-refractivity contribution is 6.34. The summed E-state index contributed by atoms with van der Waals surface area (Å²) in [6.07, 6.45) is 1.56. The first-order chi connectivity index (χ1) is 6.15. The predicted octanol–water partition coefficient (Wildman–Crippen LogP) is 2.73. The minimum absolute atomic E-state index is 0.0306. The number of hydrogen-bond donors (Lipinski definition) is 1.